The molecule has 0 atom stereocenters. The van der Waals surface area contributed by atoms with Crippen molar-refractivity contribution in [1.82, 2.24) is 4.72 Å². The molecule has 0 aliphatic carbocycles. The minimum atomic E-state index is -5.56. The van der Waals surface area contributed by atoms with E-state index >= 15 is 0 Å². The van der Waals surface area contributed by atoms with Crippen LogP contribution < -0.4 is 14.2 Å². The van der Waals surface area contributed by atoms with Gasteiger partial charge in [0.05, 0.1) is 4.90 Å². The van der Waals surface area contributed by atoms with E-state index in [2.05, 4.69) is 0 Å². The lowest BCUT2D eigenvalue weighted by molar-refractivity contribution is -0.136. The Hall–Kier alpha value is -2.63. The third-order valence-corrected chi connectivity index (χ3v) is 9.32. The van der Waals surface area contributed by atoms with E-state index in [4.69, 9.17) is 9.47 Å². The second-order valence-electron chi connectivity index (χ2n) is 7.29. The molecule has 0 spiro atoms. The molecule has 0 saturated heterocycles. The van der Waals surface area contributed by atoms with Gasteiger partial charge in [-0.05, 0) is 81.6 Å². The summed E-state index contributed by atoms with van der Waals surface area (Å²) in [6.07, 6.45) is 0. The molecule has 19 heteroatoms. The third-order valence-electron chi connectivity index (χ3n) is 4.59. The van der Waals surface area contributed by atoms with Crippen LogP contribution in [0.1, 0.15) is 10.4 Å². The molecule has 0 fully saturated rings. The van der Waals surface area contributed by atoms with Crippen molar-refractivity contribution < 1.29 is 62.4 Å². The van der Waals surface area contributed by atoms with Gasteiger partial charge in [0, 0.05) is 12.7 Å². The van der Waals surface area contributed by atoms with Gasteiger partial charge >= 0.3 is 5.97 Å². The molecule has 40 heavy (non-hydrogen) atoms. The summed E-state index contributed by atoms with van der Waals surface area (Å²) in [6.45, 7) is -0.683. The van der Waals surface area contributed by atoms with E-state index in [9.17, 15) is 52.9 Å². The van der Waals surface area contributed by atoms with E-state index in [0.717, 1.165) is 24.3 Å². The highest BCUT2D eigenvalue weighted by Gasteiger charge is 2.34. The SMILES string of the molecule is O=C(COc1cc(I)c(S(=O)(=O)[O-])c(I)c1)Oc1ccc(C(=O)NS(=O)(=O)c2c(F)c(F)c(F)c(F)c2F)cc1. The lowest BCUT2D eigenvalue weighted by atomic mass is 10.2. The normalized spacial score (nSPS) is 11.7. The van der Waals surface area contributed by atoms with Crippen LogP contribution in [0, 0.1) is 36.2 Å². The number of amides is 1. The second-order valence-corrected chi connectivity index (χ2v) is 12.6. The average Bonchev–Trinajstić information content (AvgIpc) is 2.84. The Morgan fingerprint density at radius 1 is 0.775 bits per heavy atom. The summed E-state index contributed by atoms with van der Waals surface area (Å²) >= 11 is 3.21. The molecule has 1 amide bonds. The van der Waals surface area contributed by atoms with Crippen LogP contribution in [0.25, 0.3) is 0 Å². The first-order chi connectivity index (χ1) is 18.4. The van der Waals surface area contributed by atoms with Crippen LogP contribution in [0.3, 0.4) is 0 Å². The zero-order valence-corrected chi connectivity index (χ0v) is 24.8. The van der Waals surface area contributed by atoms with Gasteiger partial charge in [-0.25, -0.2) is 48.3 Å². The van der Waals surface area contributed by atoms with Gasteiger partial charge in [0.1, 0.15) is 21.6 Å². The quantitative estimate of drug-likeness (QED) is 0.0682. The fourth-order valence-corrected chi connectivity index (χ4v) is 7.93. The average molecular weight is 832 g/mol. The largest absolute Gasteiger partial charge is 0.744 e. The van der Waals surface area contributed by atoms with Crippen molar-refractivity contribution >= 4 is 77.2 Å². The summed E-state index contributed by atoms with van der Waals surface area (Å²) in [6, 6.07) is 6.26. The Morgan fingerprint density at radius 3 is 1.73 bits per heavy atom. The van der Waals surface area contributed by atoms with E-state index in [1.807, 2.05) is 0 Å². The molecule has 214 valence electrons. The van der Waals surface area contributed by atoms with E-state index < -0.39 is 83.1 Å². The summed E-state index contributed by atoms with van der Waals surface area (Å²) in [5, 5.41) is 0. The highest BCUT2D eigenvalue weighted by atomic mass is 127. The second kappa shape index (κ2) is 12.1. The topological polar surface area (TPSA) is 156 Å². The Kier molecular flexibility index (Phi) is 9.63. The number of rotatable bonds is 8. The summed E-state index contributed by atoms with van der Waals surface area (Å²) < 4.78 is 137. The molecule has 0 radical (unpaired) electrons. The van der Waals surface area contributed by atoms with Crippen LogP contribution in [0.4, 0.5) is 22.0 Å². The Morgan fingerprint density at radius 2 is 1.25 bits per heavy atom. The van der Waals surface area contributed by atoms with Crippen LogP contribution in [0.2, 0.25) is 0 Å². The molecule has 0 aliphatic heterocycles. The zero-order chi connectivity index (χ0) is 30.2. The molecule has 1 N–H and O–H groups in total. The van der Waals surface area contributed by atoms with Crippen LogP contribution in [-0.4, -0.2) is 39.9 Å². The highest BCUT2D eigenvalue weighted by Crippen LogP contribution is 2.29. The first kappa shape index (κ1) is 31.9. The molecule has 3 aromatic rings. The lowest BCUT2D eigenvalue weighted by Crippen LogP contribution is -2.32. The first-order valence-corrected chi connectivity index (χ1v) is 15.0. The van der Waals surface area contributed by atoms with Gasteiger partial charge in [0.15, 0.2) is 34.8 Å². The van der Waals surface area contributed by atoms with E-state index in [0.29, 0.717) is 0 Å². The maximum absolute atomic E-state index is 13.9. The van der Waals surface area contributed by atoms with Gasteiger partial charge in [-0.2, -0.15) is 0 Å². The van der Waals surface area contributed by atoms with Crippen LogP contribution in [0.5, 0.6) is 11.5 Å². The van der Waals surface area contributed by atoms with Gasteiger partial charge < -0.3 is 14.0 Å². The maximum atomic E-state index is 13.9. The third kappa shape index (κ3) is 6.98. The molecule has 3 aromatic carbocycles. The number of esters is 1. The van der Waals surface area contributed by atoms with E-state index in [1.165, 1.54) is 16.9 Å². The lowest BCUT2D eigenvalue weighted by Gasteiger charge is -2.14. The van der Waals surface area contributed by atoms with Crippen molar-refractivity contribution in [2.75, 3.05) is 6.61 Å². The summed E-state index contributed by atoms with van der Waals surface area (Å²) in [7, 11) is -10.3. The first-order valence-electron chi connectivity index (χ1n) is 9.91. The molecule has 0 saturated carbocycles. The van der Waals surface area contributed by atoms with Crippen LogP contribution >= 0.6 is 45.2 Å². The number of hydrogen-bond donors (Lipinski definition) is 1. The minimum Gasteiger partial charge on any atom is -0.744 e. The fraction of sp³-hybridized carbons (Fsp3) is 0.0476. The number of carbonyl (C=O) groups is 2. The Bertz CT molecular complexity index is 1700. The predicted octanol–water partition coefficient (Wildman–Crippen LogP) is 3.60. The van der Waals surface area contributed by atoms with Crippen molar-refractivity contribution in [2.45, 2.75) is 9.79 Å². The number of nitrogens with one attached hydrogen (secondary N) is 1. The van der Waals surface area contributed by atoms with Crippen molar-refractivity contribution in [1.29, 1.82) is 0 Å². The smallest absolute Gasteiger partial charge is 0.349 e. The molecular formula is C21H9F5I2NO9S2-. The molecule has 0 aliphatic rings. The number of carbonyl (C=O) groups excluding carboxylic acids is 2. The van der Waals surface area contributed by atoms with Crippen molar-refractivity contribution in [3.63, 3.8) is 0 Å². The highest BCUT2D eigenvalue weighted by molar-refractivity contribution is 14.1. The zero-order valence-electron chi connectivity index (χ0n) is 18.8. The number of hydrogen-bond acceptors (Lipinski definition) is 9. The molecule has 0 aromatic heterocycles. The number of benzene rings is 3. The van der Waals surface area contributed by atoms with Crippen molar-refractivity contribution in [2.24, 2.45) is 0 Å². The summed E-state index contributed by atoms with van der Waals surface area (Å²) in [4.78, 5) is 21.6. The number of sulfonamides is 1. The van der Waals surface area contributed by atoms with Gasteiger partial charge in [0.2, 0.25) is 5.82 Å². The monoisotopic (exact) mass is 832 g/mol. The Labute approximate surface area is 248 Å². The van der Waals surface area contributed by atoms with E-state index in [1.54, 1.807) is 45.2 Å². The Balaban J connectivity index is 1.67. The molecule has 3 rings (SSSR count). The van der Waals surface area contributed by atoms with Gasteiger partial charge in [-0.1, -0.05) is 0 Å². The van der Waals surface area contributed by atoms with Crippen LogP contribution in [-0.2, 0) is 24.9 Å². The predicted molar refractivity (Wildman–Crippen MR) is 138 cm³/mol. The van der Waals surface area contributed by atoms with Gasteiger partial charge in [-0.15, -0.1) is 0 Å². The molecule has 0 heterocycles. The van der Waals surface area contributed by atoms with Crippen molar-refractivity contribution in [3.8, 4) is 11.5 Å². The number of ether oxygens (including phenoxy) is 2. The standard InChI is InChI=1S/C21H10F5I2NO9S2/c22-14-15(23)17(25)20(18(26)16(14)24)39(32,33)29-21(31)8-1-3-9(4-2-8)38-13(30)7-37-10-5-11(27)19(12(28)6-10)40(34,35)36/h1-6H,7H2,(H,29,31)(H,34,35,36)/p-1. The molecular weight excluding hydrogens is 823 g/mol. The fourth-order valence-electron chi connectivity index (χ4n) is 2.89. The summed E-state index contributed by atoms with van der Waals surface area (Å²) in [5.41, 5.74) is -0.471. The minimum absolute atomic E-state index is 0.0418. The maximum Gasteiger partial charge on any atom is 0.349 e. The van der Waals surface area contributed by atoms with Crippen LogP contribution in [0.15, 0.2) is 46.2 Å². The number of halogens is 7. The molecule has 0 unspecified atom stereocenters. The molecule has 0 bridgehead atoms. The molecule has 10 nitrogen and oxygen atoms in total. The van der Waals surface area contributed by atoms with Gasteiger partial charge in [-0.3, -0.25) is 4.79 Å². The van der Waals surface area contributed by atoms with E-state index in [-0.39, 0.29) is 18.6 Å². The summed E-state index contributed by atoms with van der Waals surface area (Å²) in [5.74, 6) is -15.6. The van der Waals surface area contributed by atoms with Crippen molar-refractivity contribution in [3.05, 3.63) is 78.2 Å². The van der Waals surface area contributed by atoms with Gasteiger partial charge in [0.25, 0.3) is 15.9 Å².